The summed E-state index contributed by atoms with van der Waals surface area (Å²) in [6, 6.07) is 0.274. The molecule has 1 heterocycles. The SMILES string of the molecule is CCC(N)Cc1nc2c(s1)CC(C(C)(C)CC)CC2. The van der Waals surface area contributed by atoms with Crippen molar-refractivity contribution >= 4 is 11.3 Å². The van der Waals surface area contributed by atoms with Crippen LogP contribution in [0.3, 0.4) is 0 Å². The number of nitrogens with zero attached hydrogens (tertiary/aromatic N) is 1. The van der Waals surface area contributed by atoms with Gasteiger partial charge in [-0.2, -0.15) is 0 Å². The minimum atomic E-state index is 0.274. The number of aromatic nitrogens is 1. The Bertz CT molecular complexity index is 422. The van der Waals surface area contributed by atoms with Gasteiger partial charge < -0.3 is 5.73 Å². The molecule has 2 rings (SSSR count). The average Bonchev–Trinajstić information content (AvgIpc) is 2.79. The number of nitrogens with two attached hydrogens (primary N) is 1. The maximum absolute atomic E-state index is 6.05. The smallest absolute Gasteiger partial charge is 0.0946 e. The Labute approximate surface area is 121 Å². The molecular formula is C16H28N2S. The maximum atomic E-state index is 6.05. The summed E-state index contributed by atoms with van der Waals surface area (Å²) < 4.78 is 0. The van der Waals surface area contributed by atoms with Crippen molar-refractivity contribution in [2.75, 3.05) is 0 Å². The molecule has 0 radical (unpaired) electrons. The fourth-order valence-electron chi connectivity index (χ4n) is 2.84. The van der Waals surface area contributed by atoms with E-state index in [1.165, 1.54) is 41.3 Å². The van der Waals surface area contributed by atoms with Gasteiger partial charge in [-0.15, -0.1) is 11.3 Å². The van der Waals surface area contributed by atoms with Crippen LogP contribution in [0.5, 0.6) is 0 Å². The van der Waals surface area contributed by atoms with E-state index in [1.54, 1.807) is 0 Å². The third kappa shape index (κ3) is 3.38. The Kier molecular flexibility index (Phi) is 4.67. The van der Waals surface area contributed by atoms with E-state index in [-0.39, 0.29) is 6.04 Å². The molecule has 2 unspecified atom stereocenters. The summed E-state index contributed by atoms with van der Waals surface area (Å²) >= 11 is 1.92. The highest BCUT2D eigenvalue weighted by Crippen LogP contribution is 2.41. The van der Waals surface area contributed by atoms with Gasteiger partial charge in [-0.1, -0.05) is 34.1 Å². The Morgan fingerprint density at radius 2 is 2.16 bits per heavy atom. The zero-order valence-corrected chi connectivity index (χ0v) is 13.6. The largest absolute Gasteiger partial charge is 0.327 e. The van der Waals surface area contributed by atoms with Crippen molar-refractivity contribution in [3.8, 4) is 0 Å². The van der Waals surface area contributed by atoms with Crippen LogP contribution in [-0.2, 0) is 19.3 Å². The molecule has 1 aromatic heterocycles. The zero-order valence-electron chi connectivity index (χ0n) is 12.8. The van der Waals surface area contributed by atoms with Crippen LogP contribution >= 0.6 is 11.3 Å². The van der Waals surface area contributed by atoms with E-state index in [0.717, 1.165) is 18.8 Å². The van der Waals surface area contributed by atoms with Crippen LogP contribution in [0.15, 0.2) is 0 Å². The van der Waals surface area contributed by atoms with Crippen LogP contribution in [0.25, 0.3) is 0 Å². The monoisotopic (exact) mass is 280 g/mol. The number of hydrogen-bond donors (Lipinski definition) is 1. The van der Waals surface area contributed by atoms with E-state index in [4.69, 9.17) is 10.7 Å². The highest BCUT2D eigenvalue weighted by Gasteiger charge is 2.32. The van der Waals surface area contributed by atoms with E-state index in [2.05, 4.69) is 27.7 Å². The van der Waals surface area contributed by atoms with Crippen LogP contribution in [-0.4, -0.2) is 11.0 Å². The summed E-state index contributed by atoms with van der Waals surface area (Å²) in [7, 11) is 0. The Balaban J connectivity index is 2.09. The molecule has 19 heavy (non-hydrogen) atoms. The van der Waals surface area contributed by atoms with Crippen molar-refractivity contribution < 1.29 is 0 Å². The van der Waals surface area contributed by atoms with Gasteiger partial charge in [0.05, 0.1) is 10.7 Å². The first-order valence-electron chi connectivity index (χ1n) is 7.69. The van der Waals surface area contributed by atoms with Crippen molar-refractivity contribution in [1.82, 2.24) is 4.98 Å². The summed E-state index contributed by atoms with van der Waals surface area (Å²) in [6.07, 6.45) is 6.96. The first-order valence-corrected chi connectivity index (χ1v) is 8.51. The highest BCUT2D eigenvalue weighted by atomic mass is 32.1. The molecule has 108 valence electrons. The second-order valence-corrected chi connectivity index (χ2v) is 7.80. The Hall–Kier alpha value is -0.410. The van der Waals surface area contributed by atoms with E-state index < -0.39 is 0 Å². The van der Waals surface area contributed by atoms with Gasteiger partial charge in [-0.25, -0.2) is 4.98 Å². The van der Waals surface area contributed by atoms with Gasteiger partial charge in [0, 0.05) is 17.3 Å². The van der Waals surface area contributed by atoms with Crippen LogP contribution < -0.4 is 5.73 Å². The van der Waals surface area contributed by atoms with Crippen LogP contribution in [0, 0.1) is 11.3 Å². The van der Waals surface area contributed by atoms with Gasteiger partial charge in [0.1, 0.15) is 0 Å². The van der Waals surface area contributed by atoms with Crippen molar-refractivity contribution in [3.63, 3.8) is 0 Å². The summed E-state index contributed by atoms with van der Waals surface area (Å²) in [6.45, 7) is 9.29. The summed E-state index contributed by atoms with van der Waals surface area (Å²) in [4.78, 5) is 6.36. The fraction of sp³-hybridized carbons (Fsp3) is 0.812. The Morgan fingerprint density at radius 1 is 1.42 bits per heavy atom. The minimum Gasteiger partial charge on any atom is -0.327 e. The molecule has 2 nitrogen and oxygen atoms in total. The van der Waals surface area contributed by atoms with E-state index >= 15 is 0 Å². The third-order valence-corrected chi connectivity index (χ3v) is 6.10. The number of aryl methyl sites for hydroxylation is 1. The predicted octanol–water partition coefficient (Wildman–Crippen LogP) is 3.96. The lowest BCUT2D eigenvalue weighted by molar-refractivity contribution is 0.183. The lowest BCUT2D eigenvalue weighted by Crippen LogP contribution is -2.28. The fourth-order valence-corrected chi connectivity index (χ4v) is 4.13. The molecule has 0 bridgehead atoms. The Morgan fingerprint density at radius 3 is 2.79 bits per heavy atom. The van der Waals surface area contributed by atoms with Crippen LogP contribution in [0.4, 0.5) is 0 Å². The number of fused-ring (bicyclic) bond motifs is 1. The molecule has 0 amide bonds. The van der Waals surface area contributed by atoms with Gasteiger partial charge in [-0.05, 0) is 37.0 Å². The number of hydrogen-bond acceptors (Lipinski definition) is 3. The quantitative estimate of drug-likeness (QED) is 0.886. The summed E-state index contributed by atoms with van der Waals surface area (Å²) in [5.74, 6) is 0.818. The molecular weight excluding hydrogens is 252 g/mol. The third-order valence-electron chi connectivity index (χ3n) is 4.96. The van der Waals surface area contributed by atoms with Crippen LogP contribution in [0.2, 0.25) is 0 Å². The first-order chi connectivity index (χ1) is 8.96. The predicted molar refractivity (Wildman–Crippen MR) is 83.7 cm³/mol. The molecule has 0 saturated carbocycles. The summed E-state index contributed by atoms with van der Waals surface area (Å²) in [5, 5.41) is 1.26. The molecule has 1 aromatic rings. The van der Waals surface area contributed by atoms with Crippen molar-refractivity contribution in [2.24, 2.45) is 17.1 Å². The lowest BCUT2D eigenvalue weighted by atomic mass is 9.70. The summed E-state index contributed by atoms with van der Waals surface area (Å²) in [5.41, 5.74) is 7.87. The molecule has 1 aliphatic carbocycles. The molecule has 0 fully saturated rings. The van der Waals surface area contributed by atoms with Crippen molar-refractivity contribution in [2.45, 2.75) is 72.3 Å². The van der Waals surface area contributed by atoms with E-state index in [0.29, 0.717) is 5.41 Å². The second-order valence-electron chi connectivity index (χ2n) is 6.63. The molecule has 0 aliphatic heterocycles. The van der Waals surface area contributed by atoms with E-state index in [1.807, 2.05) is 11.3 Å². The molecule has 0 spiro atoms. The van der Waals surface area contributed by atoms with Crippen molar-refractivity contribution in [3.05, 3.63) is 15.6 Å². The van der Waals surface area contributed by atoms with Crippen molar-refractivity contribution in [1.29, 1.82) is 0 Å². The van der Waals surface area contributed by atoms with Gasteiger partial charge in [0.2, 0.25) is 0 Å². The molecule has 0 aromatic carbocycles. The van der Waals surface area contributed by atoms with Gasteiger partial charge in [-0.3, -0.25) is 0 Å². The van der Waals surface area contributed by atoms with Gasteiger partial charge in [0.25, 0.3) is 0 Å². The van der Waals surface area contributed by atoms with E-state index in [9.17, 15) is 0 Å². The van der Waals surface area contributed by atoms with Crippen LogP contribution in [0.1, 0.15) is 62.5 Å². The normalized spacial score (nSPS) is 21.2. The van der Waals surface area contributed by atoms with Gasteiger partial charge >= 0.3 is 0 Å². The minimum absolute atomic E-state index is 0.274. The standard InChI is InChI=1S/C16H28N2S/c1-5-12(17)10-15-18-13-8-7-11(9-14(13)19-15)16(3,4)6-2/h11-12H,5-10,17H2,1-4H3. The maximum Gasteiger partial charge on any atom is 0.0946 e. The lowest BCUT2D eigenvalue weighted by Gasteiger charge is -2.35. The molecule has 2 N–H and O–H groups in total. The molecule has 3 heteroatoms. The average molecular weight is 280 g/mol. The zero-order chi connectivity index (χ0) is 14.0. The molecule has 2 atom stereocenters. The first kappa shape index (κ1) is 15.0. The highest BCUT2D eigenvalue weighted by molar-refractivity contribution is 7.11. The number of thiazole rings is 1. The number of rotatable bonds is 5. The van der Waals surface area contributed by atoms with Gasteiger partial charge in [0.15, 0.2) is 0 Å². The topological polar surface area (TPSA) is 38.9 Å². The molecule has 1 aliphatic rings. The second kappa shape index (κ2) is 5.92. The molecule has 0 saturated heterocycles.